The van der Waals surface area contributed by atoms with Gasteiger partial charge in [0.1, 0.15) is 36.3 Å². The molecule has 21 nitrogen and oxygen atoms in total. The zero-order valence-electron chi connectivity index (χ0n) is 23.3. The van der Waals surface area contributed by atoms with Crippen molar-refractivity contribution in [1.29, 1.82) is 0 Å². The molecule has 0 radical (unpaired) electrons. The predicted molar refractivity (Wildman–Crippen MR) is 145 cm³/mol. The van der Waals surface area contributed by atoms with E-state index in [0.717, 1.165) is 17.2 Å². The number of phosphoric ester groups is 2. The number of hydrogen-bond donors (Lipinski definition) is 5. The maximum atomic E-state index is 15.2. The third-order valence-electron chi connectivity index (χ3n) is 8.55. The van der Waals surface area contributed by atoms with Gasteiger partial charge >= 0.3 is 15.6 Å². The van der Waals surface area contributed by atoms with E-state index in [1.54, 1.807) is 0 Å². The van der Waals surface area contributed by atoms with Gasteiger partial charge in [-0.15, -0.1) is 0 Å². The number of nitrogens with zero attached hydrogens (tertiary/aromatic N) is 7. The number of rotatable bonds is 2. The van der Waals surface area contributed by atoms with Gasteiger partial charge in [0.2, 0.25) is 5.95 Å². The fraction of sp³-hybridized carbons (Fsp3) is 0.545. The van der Waals surface area contributed by atoms with Crippen LogP contribution in [0, 0.1) is 5.41 Å². The Balaban J connectivity index is 1.15. The van der Waals surface area contributed by atoms with Crippen LogP contribution in [0.15, 0.2) is 30.0 Å². The molecule has 10 atom stereocenters. The highest BCUT2D eigenvalue weighted by Gasteiger charge is 2.84. The van der Waals surface area contributed by atoms with Crippen LogP contribution in [0.1, 0.15) is 18.9 Å². The highest BCUT2D eigenvalue weighted by atomic mass is 31.2. The minimum Gasteiger partial charge on any atom is -0.386 e. The number of nitrogens with two attached hydrogens (primary N) is 1. The number of ether oxygens (including phenoxy) is 2. The summed E-state index contributed by atoms with van der Waals surface area (Å²) in [5, 5.41) is 11.2. The number of nitrogens with one attached hydrogen (secondary N) is 1. The molecule has 4 aromatic heterocycles. The summed E-state index contributed by atoms with van der Waals surface area (Å²) in [6.45, 7) is -1.92. The van der Waals surface area contributed by atoms with Crippen LogP contribution in [0.25, 0.3) is 22.3 Å². The number of nitrogen functional groups attached to an aromatic ring is 1. The van der Waals surface area contributed by atoms with Crippen LogP contribution >= 0.6 is 15.6 Å². The molecule has 1 spiro atoms. The van der Waals surface area contributed by atoms with E-state index in [0.29, 0.717) is 0 Å². The first-order valence-corrected chi connectivity index (χ1v) is 16.7. The number of aliphatic hydroxyl groups is 1. The van der Waals surface area contributed by atoms with Crippen molar-refractivity contribution in [3.63, 3.8) is 0 Å². The van der Waals surface area contributed by atoms with Crippen molar-refractivity contribution in [2.24, 2.45) is 5.41 Å². The Morgan fingerprint density at radius 2 is 1.70 bits per heavy atom. The summed E-state index contributed by atoms with van der Waals surface area (Å²) in [4.78, 5) is 56.0. The number of H-pyrrole nitrogens is 1. The monoisotopic (exact) mass is 705 g/mol. The minimum absolute atomic E-state index is 0.109. The Morgan fingerprint density at radius 3 is 2.47 bits per heavy atom. The van der Waals surface area contributed by atoms with Crippen LogP contribution in [-0.2, 0) is 36.7 Å². The van der Waals surface area contributed by atoms with Crippen LogP contribution in [0.3, 0.4) is 0 Å². The van der Waals surface area contributed by atoms with E-state index < -0.39 is 95.2 Å². The zero-order chi connectivity index (χ0) is 33.1. The molecule has 252 valence electrons. The molecule has 0 aromatic carbocycles. The standard InChI is InChI=1S/C22H23F2N9O12P2/c23-22(24)4-21(22)10-3-41-46(36,37)44-13-9(42-18(12(13)34)33-7-29-11-16(33)30-20(25)31-17(11)35)2-40-47(38,39)45-14(21)19(43-10)32-6-28-8-1-26-5-27-15(8)32/h1,5-7,9-10,12-14,18-19,34H,2-4H2,(H,36,37)(H,38,39)(H3,25,30,31,35)/t9-,10-,12-,13-,14+,18-,19-,21-/m1/s1. The predicted octanol–water partition coefficient (Wildman–Crippen LogP) is -0.259. The number of aliphatic hydroxyl groups excluding tert-OH is 1. The maximum absolute atomic E-state index is 15.2. The lowest BCUT2D eigenvalue weighted by Gasteiger charge is -2.27. The van der Waals surface area contributed by atoms with Crippen molar-refractivity contribution < 1.29 is 60.4 Å². The van der Waals surface area contributed by atoms with Crippen LogP contribution in [0.5, 0.6) is 0 Å². The van der Waals surface area contributed by atoms with Crippen molar-refractivity contribution in [2.75, 3.05) is 18.9 Å². The van der Waals surface area contributed by atoms with Gasteiger partial charge in [0.15, 0.2) is 29.3 Å². The van der Waals surface area contributed by atoms with Gasteiger partial charge in [0.05, 0.1) is 43.6 Å². The average Bonchev–Trinajstić information content (AvgIpc) is 3.48. The van der Waals surface area contributed by atoms with E-state index in [2.05, 4.69) is 29.9 Å². The molecule has 47 heavy (non-hydrogen) atoms. The molecule has 2 bridgehead atoms. The van der Waals surface area contributed by atoms with E-state index in [1.807, 2.05) is 0 Å². The van der Waals surface area contributed by atoms with Gasteiger partial charge in [0, 0.05) is 6.42 Å². The van der Waals surface area contributed by atoms with Crippen molar-refractivity contribution in [3.05, 3.63) is 35.5 Å². The summed E-state index contributed by atoms with van der Waals surface area (Å²) >= 11 is 0. The number of anilines is 1. The lowest BCUT2D eigenvalue weighted by molar-refractivity contribution is -0.0673. The summed E-state index contributed by atoms with van der Waals surface area (Å²) < 4.78 is 92.0. The molecular formula is C22H23F2N9O12P2. The van der Waals surface area contributed by atoms with Gasteiger partial charge in [0.25, 0.3) is 11.5 Å². The Hall–Kier alpha value is -3.34. The molecule has 7 heterocycles. The molecule has 3 saturated heterocycles. The van der Waals surface area contributed by atoms with E-state index >= 15 is 8.78 Å². The first-order chi connectivity index (χ1) is 22.2. The fourth-order valence-corrected chi connectivity index (χ4v) is 8.26. The van der Waals surface area contributed by atoms with Crippen molar-refractivity contribution >= 4 is 43.9 Å². The number of hydrogen-bond acceptors (Lipinski definition) is 16. The Kier molecular flexibility index (Phi) is 6.80. The first kappa shape index (κ1) is 31.0. The van der Waals surface area contributed by atoms with E-state index in [-0.39, 0.29) is 28.3 Å². The summed E-state index contributed by atoms with van der Waals surface area (Å²) in [5.41, 5.74) is 2.63. The fourth-order valence-electron chi connectivity index (χ4n) is 6.33. The van der Waals surface area contributed by atoms with E-state index in [4.69, 9.17) is 33.3 Å². The average molecular weight is 705 g/mol. The van der Waals surface area contributed by atoms with Crippen molar-refractivity contribution in [2.45, 2.75) is 55.3 Å². The minimum atomic E-state index is -5.29. The number of fused-ring (bicyclic) bond motifs is 3. The molecule has 6 N–H and O–H groups in total. The highest BCUT2D eigenvalue weighted by molar-refractivity contribution is 7.47. The summed E-state index contributed by atoms with van der Waals surface area (Å²) in [6.07, 6.45) is -8.07. The molecule has 25 heteroatoms. The molecule has 1 saturated carbocycles. The molecule has 4 aromatic rings. The number of imidazole rings is 2. The van der Waals surface area contributed by atoms with Gasteiger partial charge in [-0.25, -0.2) is 37.8 Å². The third kappa shape index (κ3) is 4.84. The van der Waals surface area contributed by atoms with Gasteiger partial charge < -0.3 is 30.1 Å². The second-order valence-electron chi connectivity index (χ2n) is 11.3. The van der Waals surface area contributed by atoms with Crippen molar-refractivity contribution in [3.8, 4) is 0 Å². The van der Waals surface area contributed by atoms with Gasteiger partial charge in [-0.05, 0) is 0 Å². The van der Waals surface area contributed by atoms with Crippen LogP contribution in [0.4, 0.5) is 14.7 Å². The molecular weight excluding hydrogens is 682 g/mol. The molecule has 4 fully saturated rings. The molecule has 8 rings (SSSR count). The largest absolute Gasteiger partial charge is 0.472 e. The summed E-state index contributed by atoms with van der Waals surface area (Å²) in [7, 11) is -10.5. The Bertz CT molecular complexity index is 2060. The molecule has 1 aliphatic carbocycles. The maximum Gasteiger partial charge on any atom is 0.472 e. The second kappa shape index (κ2) is 10.3. The van der Waals surface area contributed by atoms with Crippen LogP contribution < -0.4 is 11.3 Å². The zero-order valence-corrected chi connectivity index (χ0v) is 25.1. The SMILES string of the molecule is Nc1nc2c(ncn2[C@@H]2O[C@@H]3COP(=O)(O)O[C@H]4[C@H](n5cnc6cncnc65)O[C@H](COP(=O)(O)O[C@H]3[C@H]2O)[C@]42CC2(F)F)c(=O)[nH]1. The lowest BCUT2D eigenvalue weighted by atomic mass is 9.94. The van der Waals surface area contributed by atoms with Crippen LogP contribution in [0.2, 0.25) is 0 Å². The first-order valence-electron chi connectivity index (χ1n) is 13.7. The topological polar surface area (TPSA) is 283 Å². The number of halogens is 2. The molecule has 3 aliphatic heterocycles. The highest BCUT2D eigenvalue weighted by Crippen LogP contribution is 2.73. The van der Waals surface area contributed by atoms with Gasteiger partial charge in [-0.3, -0.25) is 37.0 Å². The molecule has 0 amide bonds. The lowest BCUT2D eigenvalue weighted by Crippen LogP contribution is -2.37. The summed E-state index contributed by atoms with van der Waals surface area (Å²) in [6, 6.07) is 0. The normalized spacial score (nSPS) is 40.2. The second-order valence-corrected chi connectivity index (χ2v) is 14.1. The quantitative estimate of drug-likeness (QED) is 0.168. The van der Waals surface area contributed by atoms with E-state index in [1.165, 1.54) is 17.1 Å². The number of phosphoric acid groups is 2. The van der Waals surface area contributed by atoms with Crippen LogP contribution in [-0.4, -0.2) is 104 Å². The number of aromatic amines is 1. The Labute approximate surface area is 258 Å². The van der Waals surface area contributed by atoms with E-state index in [9.17, 15) is 28.8 Å². The summed E-state index contributed by atoms with van der Waals surface area (Å²) in [5.74, 6) is -3.84. The van der Waals surface area contributed by atoms with Gasteiger partial charge in [-0.2, -0.15) is 4.98 Å². The Morgan fingerprint density at radius 1 is 1.00 bits per heavy atom. The molecule has 4 aliphatic rings. The smallest absolute Gasteiger partial charge is 0.386 e. The third-order valence-corrected chi connectivity index (χ3v) is 10.5. The molecule has 2 unspecified atom stereocenters. The number of alkyl halides is 2. The van der Waals surface area contributed by atoms with Crippen molar-refractivity contribution in [1.82, 2.24) is 39.0 Å². The number of aromatic nitrogens is 8. The van der Waals surface area contributed by atoms with Gasteiger partial charge in [-0.1, -0.05) is 0 Å².